The van der Waals surface area contributed by atoms with Crippen molar-refractivity contribution in [3.05, 3.63) is 99.9 Å². The number of halogens is 1. The Labute approximate surface area is 183 Å². The van der Waals surface area contributed by atoms with Crippen LogP contribution in [0.5, 0.6) is 5.75 Å². The van der Waals surface area contributed by atoms with Crippen molar-refractivity contribution in [2.24, 2.45) is 0 Å². The number of carbonyl (C=O) groups excluding carboxylic acids is 1. The molecule has 0 amide bonds. The van der Waals surface area contributed by atoms with Crippen molar-refractivity contribution < 1.29 is 18.7 Å². The predicted molar refractivity (Wildman–Crippen MR) is 119 cm³/mol. The van der Waals surface area contributed by atoms with Gasteiger partial charge in [-0.1, -0.05) is 54.1 Å². The minimum atomic E-state index is -0.932. The number of esters is 1. The number of fused-ring (bicyclic) bond motifs is 1. The lowest BCUT2D eigenvalue weighted by Gasteiger charge is -2.18. The van der Waals surface area contributed by atoms with Crippen LogP contribution >= 0.6 is 11.6 Å². The Kier molecular flexibility index (Phi) is 6.05. The van der Waals surface area contributed by atoms with Gasteiger partial charge in [0, 0.05) is 22.0 Å². The number of rotatable bonds is 6. The number of benzene rings is 3. The van der Waals surface area contributed by atoms with E-state index < -0.39 is 17.7 Å². The van der Waals surface area contributed by atoms with Gasteiger partial charge in [-0.15, -0.1) is 0 Å². The maximum absolute atomic E-state index is 12.6. The maximum atomic E-state index is 12.6. The molecule has 0 aliphatic rings. The first kappa shape index (κ1) is 20.7. The number of ether oxygens (including phenoxy) is 2. The SMILES string of the molecule is CCOC(=O)[C@@H](Oc1ccc2cc(-c3ccc(Cl)cc3)c(=O)oc2c1)c1ccccc1. The van der Waals surface area contributed by atoms with Crippen molar-refractivity contribution in [2.45, 2.75) is 13.0 Å². The van der Waals surface area contributed by atoms with Crippen LogP contribution in [0.15, 0.2) is 88.1 Å². The minimum Gasteiger partial charge on any atom is -0.474 e. The lowest BCUT2D eigenvalue weighted by atomic mass is 10.1. The molecule has 6 heteroatoms. The normalized spacial score (nSPS) is 11.8. The zero-order valence-electron chi connectivity index (χ0n) is 16.7. The average molecular weight is 435 g/mol. The highest BCUT2D eigenvalue weighted by atomic mass is 35.5. The van der Waals surface area contributed by atoms with Crippen LogP contribution < -0.4 is 10.4 Å². The quantitative estimate of drug-likeness (QED) is 0.283. The Bertz CT molecular complexity index is 1260. The third kappa shape index (κ3) is 4.62. The van der Waals surface area contributed by atoms with Gasteiger partial charge >= 0.3 is 11.6 Å². The molecule has 0 spiro atoms. The Balaban J connectivity index is 1.68. The van der Waals surface area contributed by atoms with Gasteiger partial charge in [0.25, 0.3) is 0 Å². The summed E-state index contributed by atoms with van der Waals surface area (Å²) >= 11 is 5.93. The predicted octanol–water partition coefficient (Wildman–Crippen LogP) is 5.80. The molecule has 0 bridgehead atoms. The highest BCUT2D eigenvalue weighted by Gasteiger charge is 2.24. The first-order valence-corrected chi connectivity index (χ1v) is 10.1. The fourth-order valence-corrected chi connectivity index (χ4v) is 3.36. The fraction of sp³-hybridized carbons (Fsp3) is 0.120. The van der Waals surface area contributed by atoms with E-state index in [-0.39, 0.29) is 6.61 Å². The molecule has 1 heterocycles. The van der Waals surface area contributed by atoms with Crippen LogP contribution in [0.4, 0.5) is 0 Å². The van der Waals surface area contributed by atoms with Crippen molar-refractivity contribution in [3.8, 4) is 16.9 Å². The molecule has 3 aromatic carbocycles. The average Bonchev–Trinajstić information content (AvgIpc) is 2.78. The molecule has 0 radical (unpaired) electrons. The molecule has 0 N–H and O–H groups in total. The summed E-state index contributed by atoms with van der Waals surface area (Å²) in [7, 11) is 0. The molecular formula is C25H19ClO5. The monoisotopic (exact) mass is 434 g/mol. The Morgan fingerprint density at radius 2 is 1.74 bits per heavy atom. The number of hydrogen-bond donors (Lipinski definition) is 0. The third-order valence-corrected chi connectivity index (χ3v) is 4.97. The summed E-state index contributed by atoms with van der Waals surface area (Å²) < 4.78 is 16.6. The summed E-state index contributed by atoms with van der Waals surface area (Å²) in [6, 6.07) is 22.9. The van der Waals surface area contributed by atoms with Gasteiger partial charge in [-0.05, 0) is 42.8 Å². The van der Waals surface area contributed by atoms with Crippen molar-refractivity contribution >= 4 is 28.5 Å². The van der Waals surface area contributed by atoms with Crippen molar-refractivity contribution in [2.75, 3.05) is 6.61 Å². The van der Waals surface area contributed by atoms with Crippen LogP contribution in [0.1, 0.15) is 18.6 Å². The van der Waals surface area contributed by atoms with Gasteiger partial charge in [-0.3, -0.25) is 0 Å². The molecule has 0 saturated heterocycles. The van der Waals surface area contributed by atoms with E-state index in [1.165, 1.54) is 0 Å². The molecule has 1 atom stereocenters. The van der Waals surface area contributed by atoms with Crippen LogP contribution in [0.25, 0.3) is 22.1 Å². The topological polar surface area (TPSA) is 65.7 Å². The van der Waals surface area contributed by atoms with Crippen LogP contribution in [0, 0.1) is 0 Å². The largest absolute Gasteiger partial charge is 0.474 e. The number of carbonyl (C=O) groups is 1. The molecule has 5 nitrogen and oxygen atoms in total. The first-order chi connectivity index (χ1) is 15.0. The van der Waals surface area contributed by atoms with Gasteiger partial charge in [-0.2, -0.15) is 0 Å². The number of hydrogen-bond acceptors (Lipinski definition) is 5. The Morgan fingerprint density at radius 3 is 2.45 bits per heavy atom. The molecule has 0 aliphatic heterocycles. The van der Waals surface area contributed by atoms with Crippen LogP contribution in [-0.4, -0.2) is 12.6 Å². The third-order valence-electron chi connectivity index (χ3n) is 4.72. The first-order valence-electron chi connectivity index (χ1n) is 9.77. The Morgan fingerprint density at radius 1 is 1.00 bits per heavy atom. The molecule has 4 aromatic rings. The molecule has 31 heavy (non-hydrogen) atoms. The summed E-state index contributed by atoms with van der Waals surface area (Å²) in [5, 5.41) is 1.31. The second kappa shape index (κ2) is 9.06. The van der Waals surface area contributed by atoms with Gasteiger partial charge in [0.1, 0.15) is 11.3 Å². The molecule has 0 unspecified atom stereocenters. The zero-order chi connectivity index (χ0) is 21.8. The summed E-state index contributed by atoms with van der Waals surface area (Å²) in [5.41, 5.74) is 1.70. The van der Waals surface area contributed by atoms with E-state index in [9.17, 15) is 9.59 Å². The standard InChI is InChI=1S/C25H19ClO5/c1-2-29-25(28)23(17-6-4-3-5-7-17)30-20-13-10-18-14-21(24(27)31-22(18)15-20)16-8-11-19(26)12-9-16/h3-15,23H,2H2,1H3/t23-/m0/s1. The van der Waals surface area contributed by atoms with Crippen molar-refractivity contribution in [1.29, 1.82) is 0 Å². The van der Waals surface area contributed by atoms with Gasteiger partial charge in [-0.25, -0.2) is 9.59 Å². The minimum absolute atomic E-state index is 0.242. The molecule has 0 saturated carbocycles. The van der Waals surface area contributed by atoms with Crippen molar-refractivity contribution in [1.82, 2.24) is 0 Å². The van der Waals surface area contributed by atoms with Crippen LogP contribution in [-0.2, 0) is 9.53 Å². The molecular weight excluding hydrogens is 416 g/mol. The molecule has 0 fully saturated rings. The second-order valence-electron chi connectivity index (χ2n) is 6.81. The van der Waals surface area contributed by atoms with Gasteiger partial charge in [0.15, 0.2) is 0 Å². The fourth-order valence-electron chi connectivity index (χ4n) is 3.23. The lowest BCUT2D eigenvalue weighted by molar-refractivity contribution is -0.151. The molecule has 4 rings (SSSR count). The van der Waals surface area contributed by atoms with Crippen LogP contribution in [0.3, 0.4) is 0 Å². The van der Waals surface area contributed by atoms with E-state index >= 15 is 0 Å². The molecule has 0 aliphatic carbocycles. The second-order valence-corrected chi connectivity index (χ2v) is 7.25. The van der Waals surface area contributed by atoms with Crippen LogP contribution in [0.2, 0.25) is 5.02 Å². The van der Waals surface area contributed by atoms with Crippen molar-refractivity contribution in [3.63, 3.8) is 0 Å². The molecule has 156 valence electrons. The van der Waals surface area contributed by atoms with E-state index in [1.54, 1.807) is 67.6 Å². The summed E-state index contributed by atoms with van der Waals surface area (Å²) in [4.78, 5) is 25.0. The highest BCUT2D eigenvalue weighted by Crippen LogP contribution is 2.28. The summed E-state index contributed by atoms with van der Waals surface area (Å²) in [6.45, 7) is 1.98. The van der Waals surface area contributed by atoms with E-state index in [2.05, 4.69) is 0 Å². The zero-order valence-corrected chi connectivity index (χ0v) is 17.5. The van der Waals surface area contributed by atoms with Gasteiger partial charge in [0.05, 0.1) is 12.2 Å². The molecule has 1 aromatic heterocycles. The van der Waals surface area contributed by atoms with E-state index in [1.807, 2.05) is 18.2 Å². The van der Waals surface area contributed by atoms with E-state index in [0.29, 0.717) is 33.0 Å². The summed E-state index contributed by atoms with van der Waals surface area (Å²) in [5.74, 6) is -0.106. The lowest BCUT2D eigenvalue weighted by Crippen LogP contribution is -2.21. The Hall–Kier alpha value is -3.57. The maximum Gasteiger partial charge on any atom is 0.352 e. The van der Waals surface area contributed by atoms with Gasteiger partial charge < -0.3 is 13.9 Å². The van der Waals surface area contributed by atoms with E-state index in [4.69, 9.17) is 25.5 Å². The van der Waals surface area contributed by atoms with Gasteiger partial charge in [0.2, 0.25) is 6.10 Å². The smallest absolute Gasteiger partial charge is 0.352 e. The summed E-state index contributed by atoms with van der Waals surface area (Å²) in [6.07, 6.45) is -0.932. The highest BCUT2D eigenvalue weighted by molar-refractivity contribution is 6.30. The van der Waals surface area contributed by atoms with E-state index in [0.717, 1.165) is 5.39 Å².